The van der Waals surface area contributed by atoms with Crippen molar-refractivity contribution in [3.63, 3.8) is 0 Å². The number of benzene rings is 3. The van der Waals surface area contributed by atoms with Gasteiger partial charge in [-0.3, -0.25) is 19.3 Å². The van der Waals surface area contributed by atoms with Gasteiger partial charge in [-0.15, -0.1) is 0 Å². The molecule has 5 rings (SSSR count). The second-order valence-corrected chi connectivity index (χ2v) is 8.12. The Kier molecular flexibility index (Phi) is 4.75. The van der Waals surface area contributed by atoms with E-state index in [1.807, 2.05) is 19.1 Å². The lowest BCUT2D eigenvalue weighted by Gasteiger charge is -2.33. The number of nitrogens with one attached hydrogen (secondary N) is 1. The number of ketones is 2. The van der Waals surface area contributed by atoms with Gasteiger partial charge in [0.2, 0.25) is 5.91 Å². The van der Waals surface area contributed by atoms with Gasteiger partial charge in [-0.25, -0.2) is 0 Å². The highest BCUT2D eigenvalue weighted by atomic mass is 16.2. The Balaban J connectivity index is 1.35. The lowest BCUT2D eigenvalue weighted by atomic mass is 9.84. The summed E-state index contributed by atoms with van der Waals surface area (Å²) in [6, 6.07) is 19.8. The highest BCUT2D eigenvalue weighted by molar-refractivity contribution is 6.28. The van der Waals surface area contributed by atoms with E-state index in [2.05, 4.69) is 22.3 Å². The van der Waals surface area contributed by atoms with Crippen LogP contribution in [0.1, 0.15) is 49.9 Å². The number of hydrogen-bond donors (Lipinski definition) is 1. The maximum absolute atomic E-state index is 12.9. The van der Waals surface area contributed by atoms with Crippen LogP contribution in [-0.4, -0.2) is 35.0 Å². The van der Waals surface area contributed by atoms with Crippen LogP contribution in [-0.2, 0) is 17.8 Å². The molecule has 31 heavy (non-hydrogen) atoms. The molecule has 1 aliphatic carbocycles. The monoisotopic (exact) mass is 410 g/mol. The van der Waals surface area contributed by atoms with Gasteiger partial charge in [0.1, 0.15) is 0 Å². The number of anilines is 1. The quantitative estimate of drug-likeness (QED) is 0.557. The smallest absolute Gasteiger partial charge is 0.241 e. The van der Waals surface area contributed by atoms with E-state index in [0.29, 0.717) is 27.9 Å². The van der Waals surface area contributed by atoms with E-state index in [-0.39, 0.29) is 23.5 Å². The Morgan fingerprint density at radius 2 is 1.45 bits per heavy atom. The lowest BCUT2D eigenvalue weighted by Crippen LogP contribution is -2.44. The minimum Gasteiger partial charge on any atom is -0.325 e. The molecule has 1 heterocycles. The Bertz CT molecular complexity index is 1230. The van der Waals surface area contributed by atoms with Gasteiger partial charge in [0.25, 0.3) is 0 Å². The van der Waals surface area contributed by atoms with Gasteiger partial charge in [0.05, 0.1) is 6.04 Å². The molecule has 0 bridgehead atoms. The van der Waals surface area contributed by atoms with Gasteiger partial charge in [0, 0.05) is 41.0 Å². The van der Waals surface area contributed by atoms with E-state index in [0.717, 1.165) is 19.5 Å². The zero-order chi connectivity index (χ0) is 21.5. The third kappa shape index (κ3) is 3.37. The minimum atomic E-state index is -0.317. The molecular formula is C26H22N2O3. The van der Waals surface area contributed by atoms with Crippen LogP contribution in [0.2, 0.25) is 0 Å². The fourth-order valence-corrected chi connectivity index (χ4v) is 4.44. The van der Waals surface area contributed by atoms with Crippen molar-refractivity contribution in [1.29, 1.82) is 0 Å². The minimum absolute atomic E-state index is 0.130. The summed E-state index contributed by atoms with van der Waals surface area (Å²) in [4.78, 5) is 40.8. The maximum atomic E-state index is 12.9. The summed E-state index contributed by atoms with van der Waals surface area (Å²) >= 11 is 0. The van der Waals surface area contributed by atoms with Crippen LogP contribution >= 0.6 is 0 Å². The summed E-state index contributed by atoms with van der Waals surface area (Å²) in [7, 11) is 0. The Labute approximate surface area is 180 Å². The summed E-state index contributed by atoms with van der Waals surface area (Å²) in [5, 5.41) is 2.93. The van der Waals surface area contributed by atoms with Crippen LogP contribution in [0.15, 0.2) is 66.7 Å². The molecule has 1 atom stereocenters. The Hall–Kier alpha value is -3.57. The van der Waals surface area contributed by atoms with Crippen molar-refractivity contribution in [2.24, 2.45) is 0 Å². The number of carbonyl (C=O) groups excluding carboxylic acids is 3. The molecule has 0 fully saturated rings. The predicted octanol–water partition coefficient (Wildman–Crippen LogP) is 3.85. The molecule has 1 N–H and O–H groups in total. The molecule has 2 aliphatic rings. The summed E-state index contributed by atoms with van der Waals surface area (Å²) in [5.74, 6) is -0.486. The first-order chi connectivity index (χ1) is 15.0. The molecular weight excluding hydrogens is 388 g/mol. The number of fused-ring (bicyclic) bond motifs is 3. The molecule has 0 unspecified atom stereocenters. The van der Waals surface area contributed by atoms with Crippen molar-refractivity contribution in [1.82, 2.24) is 4.90 Å². The molecule has 3 aromatic rings. The first-order valence-corrected chi connectivity index (χ1v) is 10.5. The van der Waals surface area contributed by atoms with E-state index in [9.17, 15) is 14.4 Å². The first-order valence-electron chi connectivity index (χ1n) is 10.5. The second-order valence-electron chi connectivity index (χ2n) is 8.12. The number of carbonyl (C=O) groups is 3. The molecule has 3 aromatic carbocycles. The SMILES string of the molecule is C[C@@H](C(=O)Nc1ccc2c(c1)C(=O)c1ccccc1C2=O)N1CCc2ccccc2C1. The lowest BCUT2D eigenvalue weighted by molar-refractivity contribution is -0.121. The molecule has 0 spiro atoms. The molecule has 1 amide bonds. The van der Waals surface area contributed by atoms with Crippen LogP contribution in [0, 0.1) is 0 Å². The third-order valence-corrected chi connectivity index (χ3v) is 6.28. The summed E-state index contributed by atoms with van der Waals surface area (Å²) < 4.78 is 0. The molecule has 1 aliphatic heterocycles. The van der Waals surface area contributed by atoms with Crippen LogP contribution in [0.4, 0.5) is 5.69 Å². The average Bonchev–Trinajstić information content (AvgIpc) is 2.81. The zero-order valence-corrected chi connectivity index (χ0v) is 17.2. The highest BCUT2D eigenvalue weighted by Gasteiger charge is 2.30. The molecule has 5 heteroatoms. The van der Waals surface area contributed by atoms with E-state index >= 15 is 0 Å². The molecule has 0 aromatic heterocycles. The Morgan fingerprint density at radius 1 is 0.839 bits per heavy atom. The van der Waals surface area contributed by atoms with E-state index in [1.54, 1.807) is 42.5 Å². The fourth-order valence-electron chi connectivity index (χ4n) is 4.44. The van der Waals surface area contributed by atoms with Crippen LogP contribution in [0.5, 0.6) is 0 Å². The van der Waals surface area contributed by atoms with E-state index in [4.69, 9.17) is 0 Å². The normalized spacial score (nSPS) is 16.2. The van der Waals surface area contributed by atoms with Crippen molar-refractivity contribution < 1.29 is 14.4 Å². The van der Waals surface area contributed by atoms with Gasteiger partial charge in [0.15, 0.2) is 11.6 Å². The van der Waals surface area contributed by atoms with E-state index in [1.165, 1.54) is 11.1 Å². The number of hydrogen-bond acceptors (Lipinski definition) is 4. The van der Waals surface area contributed by atoms with Gasteiger partial charge in [-0.05, 0) is 42.7 Å². The van der Waals surface area contributed by atoms with Crippen molar-refractivity contribution in [3.05, 3.63) is 100 Å². The fraction of sp³-hybridized carbons (Fsp3) is 0.192. The average molecular weight is 410 g/mol. The summed E-state index contributed by atoms with van der Waals surface area (Å²) in [6.07, 6.45) is 0.919. The van der Waals surface area contributed by atoms with Crippen molar-refractivity contribution in [2.45, 2.75) is 25.9 Å². The van der Waals surface area contributed by atoms with Gasteiger partial charge < -0.3 is 5.32 Å². The summed E-state index contributed by atoms with van der Waals surface area (Å²) in [5.41, 5.74) is 4.66. The molecule has 154 valence electrons. The van der Waals surface area contributed by atoms with Crippen molar-refractivity contribution in [3.8, 4) is 0 Å². The largest absolute Gasteiger partial charge is 0.325 e. The topological polar surface area (TPSA) is 66.5 Å². The first kappa shape index (κ1) is 19.4. The zero-order valence-electron chi connectivity index (χ0n) is 17.2. The van der Waals surface area contributed by atoms with Gasteiger partial charge in [-0.1, -0.05) is 48.5 Å². The summed E-state index contributed by atoms with van der Waals surface area (Å²) in [6.45, 7) is 3.45. The Morgan fingerprint density at radius 3 is 2.19 bits per heavy atom. The number of nitrogens with zero attached hydrogens (tertiary/aromatic N) is 1. The molecule has 0 saturated carbocycles. The number of rotatable bonds is 3. The third-order valence-electron chi connectivity index (χ3n) is 6.28. The standard InChI is InChI=1S/C26H22N2O3/c1-16(28-13-12-17-6-2-3-7-18(17)15-28)26(31)27-19-10-11-22-23(14-19)25(30)21-9-5-4-8-20(21)24(22)29/h2-11,14,16H,12-13,15H2,1H3,(H,27,31)/t16-/m0/s1. The van der Waals surface area contributed by atoms with Crippen molar-refractivity contribution >= 4 is 23.2 Å². The van der Waals surface area contributed by atoms with Crippen molar-refractivity contribution in [2.75, 3.05) is 11.9 Å². The second kappa shape index (κ2) is 7.60. The van der Waals surface area contributed by atoms with Crippen LogP contribution in [0.3, 0.4) is 0 Å². The predicted molar refractivity (Wildman–Crippen MR) is 118 cm³/mol. The van der Waals surface area contributed by atoms with E-state index < -0.39 is 0 Å². The molecule has 0 saturated heterocycles. The maximum Gasteiger partial charge on any atom is 0.241 e. The highest BCUT2D eigenvalue weighted by Crippen LogP contribution is 2.29. The molecule has 0 radical (unpaired) electrons. The van der Waals surface area contributed by atoms with Crippen LogP contribution < -0.4 is 5.32 Å². The van der Waals surface area contributed by atoms with Gasteiger partial charge in [-0.2, -0.15) is 0 Å². The van der Waals surface area contributed by atoms with Gasteiger partial charge >= 0.3 is 0 Å². The van der Waals surface area contributed by atoms with Crippen LogP contribution in [0.25, 0.3) is 0 Å². The number of amides is 1. The molecule has 5 nitrogen and oxygen atoms in total.